The molecule has 1 aliphatic rings. The van der Waals surface area contributed by atoms with Crippen LogP contribution in [0.2, 0.25) is 0 Å². The highest BCUT2D eigenvalue weighted by Crippen LogP contribution is 2.22. The summed E-state index contributed by atoms with van der Waals surface area (Å²) in [6, 6.07) is 1.90. The lowest BCUT2D eigenvalue weighted by Crippen LogP contribution is -2.47. The molecule has 1 fully saturated rings. The number of hydrogen-bond donors (Lipinski definition) is 1. The Balaban J connectivity index is 1.90. The molecule has 1 N–H and O–H groups in total. The van der Waals surface area contributed by atoms with E-state index in [2.05, 4.69) is 15.3 Å². The number of ether oxygens (including phenoxy) is 1. The highest BCUT2D eigenvalue weighted by atomic mass is 16.5. The van der Waals surface area contributed by atoms with Crippen LogP contribution < -0.4 is 5.32 Å². The minimum absolute atomic E-state index is 0.00353. The van der Waals surface area contributed by atoms with Crippen molar-refractivity contribution in [2.24, 2.45) is 5.92 Å². The lowest BCUT2D eigenvalue weighted by Gasteiger charge is -2.37. The van der Waals surface area contributed by atoms with E-state index in [9.17, 15) is 9.59 Å². The molecule has 0 saturated carbocycles. The van der Waals surface area contributed by atoms with E-state index in [0.29, 0.717) is 31.9 Å². The van der Waals surface area contributed by atoms with Crippen molar-refractivity contribution in [1.82, 2.24) is 20.2 Å². The first kappa shape index (κ1) is 18.3. The maximum atomic E-state index is 12.3. The summed E-state index contributed by atoms with van der Waals surface area (Å²) in [6.45, 7) is 6.91. The van der Waals surface area contributed by atoms with Gasteiger partial charge in [-0.15, -0.1) is 0 Å². The van der Waals surface area contributed by atoms with Gasteiger partial charge in [0.15, 0.2) is 0 Å². The highest BCUT2D eigenvalue weighted by molar-refractivity contribution is 5.76. The Morgan fingerprint density at radius 2 is 2.00 bits per heavy atom. The fourth-order valence-electron chi connectivity index (χ4n) is 3.17. The largest absolute Gasteiger partial charge is 0.381 e. The van der Waals surface area contributed by atoms with E-state index in [4.69, 9.17) is 4.74 Å². The van der Waals surface area contributed by atoms with Crippen molar-refractivity contribution in [3.8, 4) is 0 Å². The van der Waals surface area contributed by atoms with Gasteiger partial charge < -0.3 is 15.0 Å². The zero-order chi connectivity index (χ0) is 17.7. The van der Waals surface area contributed by atoms with Gasteiger partial charge in [0.1, 0.15) is 5.82 Å². The molecule has 0 bridgehead atoms. The molecule has 24 heavy (non-hydrogen) atoms. The third-order valence-corrected chi connectivity index (χ3v) is 4.33. The third-order valence-electron chi connectivity index (χ3n) is 4.33. The summed E-state index contributed by atoms with van der Waals surface area (Å²) in [5, 5.41) is 2.87. The van der Waals surface area contributed by atoms with Crippen LogP contribution in [0.5, 0.6) is 0 Å². The molecule has 2 amide bonds. The van der Waals surface area contributed by atoms with E-state index < -0.39 is 0 Å². The first-order chi connectivity index (χ1) is 11.4. The Kier molecular flexibility index (Phi) is 6.25. The van der Waals surface area contributed by atoms with Crippen LogP contribution in [-0.2, 0) is 20.9 Å². The molecule has 1 saturated heterocycles. The minimum atomic E-state index is -0.0739. The number of aryl methyl sites for hydroxylation is 2. The average Bonchev–Trinajstić information content (AvgIpc) is 2.52. The number of likely N-dealkylation sites (tertiary alicyclic amines) is 1. The molecule has 1 aromatic rings. The van der Waals surface area contributed by atoms with Crippen molar-refractivity contribution in [1.29, 1.82) is 0 Å². The second-order valence-corrected chi connectivity index (χ2v) is 6.34. The number of aromatic nitrogens is 2. The predicted octanol–water partition coefficient (Wildman–Crippen LogP) is 0.983. The Morgan fingerprint density at radius 3 is 2.58 bits per heavy atom. The normalized spacial score (nSPS) is 20.8. The molecule has 0 spiro atoms. The second-order valence-electron chi connectivity index (χ2n) is 6.34. The Hall–Kier alpha value is -2.02. The summed E-state index contributed by atoms with van der Waals surface area (Å²) >= 11 is 0. The molecular formula is C17H26N4O3. The molecule has 0 aliphatic carbocycles. The van der Waals surface area contributed by atoms with Gasteiger partial charge in [0.25, 0.3) is 0 Å². The van der Waals surface area contributed by atoms with Crippen LogP contribution in [0, 0.1) is 19.8 Å². The number of piperidine rings is 1. The summed E-state index contributed by atoms with van der Waals surface area (Å²) in [4.78, 5) is 34.2. The molecule has 132 valence electrons. The number of carbonyl (C=O) groups excluding carboxylic acids is 2. The van der Waals surface area contributed by atoms with Gasteiger partial charge in [0, 0.05) is 50.8 Å². The molecule has 1 aromatic heterocycles. The quantitative estimate of drug-likeness (QED) is 0.868. The first-order valence-electron chi connectivity index (χ1n) is 8.25. The maximum Gasteiger partial charge on any atom is 0.220 e. The van der Waals surface area contributed by atoms with Crippen LogP contribution in [0.3, 0.4) is 0 Å². The van der Waals surface area contributed by atoms with Crippen molar-refractivity contribution < 1.29 is 14.3 Å². The van der Waals surface area contributed by atoms with Crippen LogP contribution in [0.1, 0.15) is 37.0 Å². The zero-order valence-electron chi connectivity index (χ0n) is 14.8. The number of nitrogens with one attached hydrogen (secondary N) is 1. The van der Waals surface area contributed by atoms with Gasteiger partial charge in [-0.2, -0.15) is 0 Å². The molecule has 2 atom stereocenters. The van der Waals surface area contributed by atoms with Crippen molar-refractivity contribution >= 4 is 11.8 Å². The van der Waals surface area contributed by atoms with Crippen LogP contribution in [0.4, 0.5) is 0 Å². The van der Waals surface area contributed by atoms with E-state index in [-0.39, 0.29) is 23.8 Å². The molecule has 7 nitrogen and oxygen atoms in total. The van der Waals surface area contributed by atoms with Crippen LogP contribution in [-0.4, -0.2) is 53.0 Å². The van der Waals surface area contributed by atoms with Crippen LogP contribution in [0.15, 0.2) is 6.07 Å². The van der Waals surface area contributed by atoms with E-state index in [1.54, 1.807) is 18.9 Å². The van der Waals surface area contributed by atoms with E-state index in [1.165, 1.54) is 0 Å². The number of hydrogen-bond acceptors (Lipinski definition) is 5. The van der Waals surface area contributed by atoms with Gasteiger partial charge in [-0.1, -0.05) is 0 Å². The highest BCUT2D eigenvalue weighted by Gasteiger charge is 2.31. The molecule has 0 aromatic carbocycles. The molecular weight excluding hydrogens is 308 g/mol. The van der Waals surface area contributed by atoms with Crippen molar-refractivity contribution in [2.45, 2.75) is 46.3 Å². The van der Waals surface area contributed by atoms with Gasteiger partial charge in [0.2, 0.25) is 11.8 Å². The summed E-state index contributed by atoms with van der Waals surface area (Å²) < 4.78 is 5.48. The van der Waals surface area contributed by atoms with Gasteiger partial charge in [-0.05, 0) is 26.3 Å². The summed E-state index contributed by atoms with van der Waals surface area (Å²) in [7, 11) is 1.66. The SMILES string of the molecule is CO[C@@H]1CCN(C(C)=O)C[C@H]1CC(=O)NCc1nc(C)cc(C)n1. The van der Waals surface area contributed by atoms with E-state index >= 15 is 0 Å². The fourth-order valence-corrected chi connectivity index (χ4v) is 3.17. The van der Waals surface area contributed by atoms with Gasteiger partial charge in [-0.25, -0.2) is 9.97 Å². The minimum Gasteiger partial charge on any atom is -0.381 e. The van der Waals surface area contributed by atoms with Crippen molar-refractivity contribution in [3.63, 3.8) is 0 Å². The second kappa shape index (κ2) is 8.19. The molecule has 1 aliphatic heterocycles. The van der Waals surface area contributed by atoms with Crippen molar-refractivity contribution in [2.75, 3.05) is 20.2 Å². The molecule has 0 unspecified atom stereocenters. The number of amides is 2. The maximum absolute atomic E-state index is 12.3. The van der Waals surface area contributed by atoms with E-state index in [0.717, 1.165) is 17.8 Å². The number of methoxy groups -OCH3 is 1. The molecule has 2 rings (SSSR count). The number of rotatable bonds is 5. The summed E-state index contributed by atoms with van der Waals surface area (Å²) in [5.41, 5.74) is 1.77. The molecule has 0 radical (unpaired) electrons. The summed E-state index contributed by atoms with van der Waals surface area (Å²) in [5.74, 6) is 0.583. The van der Waals surface area contributed by atoms with Gasteiger partial charge >= 0.3 is 0 Å². The Morgan fingerprint density at radius 1 is 1.33 bits per heavy atom. The van der Waals surface area contributed by atoms with Gasteiger partial charge in [0.05, 0.1) is 12.6 Å². The lowest BCUT2D eigenvalue weighted by molar-refractivity contribution is -0.135. The Labute approximate surface area is 142 Å². The average molecular weight is 334 g/mol. The Bertz CT molecular complexity index is 585. The van der Waals surface area contributed by atoms with Crippen LogP contribution >= 0.6 is 0 Å². The monoisotopic (exact) mass is 334 g/mol. The topological polar surface area (TPSA) is 84.4 Å². The third kappa shape index (κ3) is 4.99. The fraction of sp³-hybridized carbons (Fsp3) is 0.647. The summed E-state index contributed by atoms with van der Waals surface area (Å²) in [6.07, 6.45) is 1.09. The number of carbonyl (C=O) groups is 2. The number of nitrogens with zero attached hydrogens (tertiary/aromatic N) is 3. The van der Waals surface area contributed by atoms with E-state index in [1.807, 2.05) is 19.9 Å². The molecule has 7 heteroatoms. The molecule has 2 heterocycles. The van der Waals surface area contributed by atoms with Crippen molar-refractivity contribution in [3.05, 3.63) is 23.3 Å². The standard InChI is InChI=1S/C17H26N4O3/c1-11-7-12(2)20-16(19-11)9-18-17(23)8-14-10-21(13(3)22)6-5-15(14)24-4/h7,14-15H,5-6,8-10H2,1-4H3,(H,18,23)/t14-,15-/m1/s1. The predicted molar refractivity (Wildman–Crippen MR) is 89.1 cm³/mol. The first-order valence-corrected chi connectivity index (χ1v) is 8.25. The zero-order valence-corrected chi connectivity index (χ0v) is 14.8. The van der Waals surface area contributed by atoms with Crippen LogP contribution in [0.25, 0.3) is 0 Å². The smallest absolute Gasteiger partial charge is 0.220 e. The lowest BCUT2D eigenvalue weighted by atomic mass is 9.91. The van der Waals surface area contributed by atoms with Gasteiger partial charge in [-0.3, -0.25) is 9.59 Å².